The molecule has 0 atom stereocenters. The molecule has 3 rings (SSSR count). The number of carbonyl (C=O) groups is 2. The van der Waals surface area contributed by atoms with Crippen LogP contribution in [0, 0.1) is 0 Å². The van der Waals surface area contributed by atoms with E-state index in [0.717, 1.165) is 11.1 Å². The van der Waals surface area contributed by atoms with Crippen molar-refractivity contribution in [2.24, 2.45) is 0 Å². The van der Waals surface area contributed by atoms with Gasteiger partial charge in [-0.3, -0.25) is 9.59 Å². The Bertz CT molecular complexity index is 1490. The fourth-order valence-corrected chi connectivity index (χ4v) is 3.99. The number of fused-ring (bicyclic) bond motifs is 2. The normalized spacial score (nSPS) is 10.8. The number of aliphatic hydroxyl groups is 1. The first-order valence-corrected chi connectivity index (χ1v) is 11.8. The van der Waals surface area contributed by atoms with E-state index in [4.69, 9.17) is 19.0 Å². The van der Waals surface area contributed by atoms with Gasteiger partial charge in [-0.15, -0.1) is 0 Å². The molecule has 1 heterocycles. The minimum absolute atomic E-state index is 0.0265. The molecule has 0 aliphatic carbocycles. The Balaban J connectivity index is 2.42. The number of rotatable bonds is 12. The summed E-state index contributed by atoms with van der Waals surface area (Å²) in [5.41, 5.74) is 2.42. The third-order valence-corrected chi connectivity index (χ3v) is 5.76. The zero-order chi connectivity index (χ0) is 28.0. The van der Waals surface area contributed by atoms with Gasteiger partial charge in [-0.2, -0.15) is 0 Å². The van der Waals surface area contributed by atoms with Crippen LogP contribution in [0.5, 0.6) is 17.2 Å². The van der Waals surface area contributed by atoms with Crippen molar-refractivity contribution in [2.45, 2.75) is 47.1 Å². The molecule has 0 saturated heterocycles. The largest absolute Gasteiger partial charge is 0.507 e. The molecule has 10 heteroatoms. The first-order chi connectivity index (χ1) is 18.1. The topological polar surface area (TPSA) is 153 Å². The third kappa shape index (κ3) is 6.15. The van der Waals surface area contributed by atoms with Gasteiger partial charge in [0.15, 0.2) is 6.61 Å². The highest BCUT2D eigenvalue weighted by molar-refractivity contribution is 5.97. The van der Waals surface area contributed by atoms with E-state index >= 15 is 0 Å². The average molecular weight is 527 g/mol. The van der Waals surface area contributed by atoms with E-state index in [0.29, 0.717) is 11.1 Å². The van der Waals surface area contributed by atoms with E-state index in [2.05, 4.69) is 4.74 Å². The Morgan fingerprint density at radius 3 is 2.05 bits per heavy atom. The Morgan fingerprint density at radius 2 is 1.50 bits per heavy atom. The molecule has 0 unspecified atom stereocenters. The van der Waals surface area contributed by atoms with E-state index < -0.39 is 31.4 Å². The lowest BCUT2D eigenvalue weighted by Crippen LogP contribution is -2.13. The van der Waals surface area contributed by atoms with Crippen LogP contribution in [0.25, 0.3) is 21.9 Å². The van der Waals surface area contributed by atoms with Crippen molar-refractivity contribution in [3.05, 3.63) is 62.3 Å². The van der Waals surface area contributed by atoms with Gasteiger partial charge in [0, 0.05) is 23.3 Å². The Hall–Kier alpha value is -4.31. The SMILES string of the molecule is CC(C)=CCc1c(OCC(=O)O)cc2oc3cc(OCOC=O)c(CO)c(CC=C(C)C)c3c(=O)c2c1O. The number of hydrogen-bond donors (Lipinski definition) is 3. The van der Waals surface area contributed by atoms with Crippen LogP contribution in [0.2, 0.25) is 0 Å². The molecular weight excluding hydrogens is 496 g/mol. The van der Waals surface area contributed by atoms with Gasteiger partial charge in [-0.05, 0) is 46.1 Å². The molecular formula is C28H30O10. The van der Waals surface area contributed by atoms with Crippen LogP contribution in [-0.4, -0.2) is 41.2 Å². The maximum absolute atomic E-state index is 13.9. The van der Waals surface area contributed by atoms with Crippen LogP contribution < -0.4 is 14.9 Å². The number of carbonyl (C=O) groups excluding carboxylic acids is 1. The number of carboxylic acids is 1. The second-order valence-electron chi connectivity index (χ2n) is 9.05. The summed E-state index contributed by atoms with van der Waals surface area (Å²) in [5.74, 6) is -1.38. The quantitative estimate of drug-likeness (QED) is 0.103. The van der Waals surface area contributed by atoms with E-state index in [1.807, 2.05) is 39.8 Å². The number of phenols is 1. The number of aromatic hydroxyl groups is 1. The summed E-state index contributed by atoms with van der Waals surface area (Å²) < 4.78 is 21.6. The predicted octanol–water partition coefficient (Wildman–Crippen LogP) is 4.13. The number of benzene rings is 2. The van der Waals surface area contributed by atoms with E-state index in [9.17, 15) is 24.6 Å². The predicted molar refractivity (Wildman–Crippen MR) is 140 cm³/mol. The standard InChI is InChI=1S/C28H30O10/c1-15(2)5-7-17-19(11-29)21(37-14-35-13-30)10-22-25(17)28(34)26-23(38-22)9-20(36-12-24(31)32)18(27(26)33)8-6-16(3)4/h5-6,9-10,13,29,33H,7-8,11-12,14H2,1-4H3,(H,31,32). The van der Waals surface area contributed by atoms with Gasteiger partial charge < -0.3 is 33.9 Å². The first kappa shape index (κ1) is 28.3. The molecule has 0 amide bonds. The van der Waals surface area contributed by atoms with Crippen molar-refractivity contribution in [3.8, 4) is 17.2 Å². The van der Waals surface area contributed by atoms with Crippen LogP contribution >= 0.6 is 0 Å². The molecule has 3 aromatic rings. The summed E-state index contributed by atoms with van der Waals surface area (Å²) in [4.78, 5) is 35.6. The number of aliphatic carboxylic acids is 1. The Morgan fingerprint density at radius 1 is 0.921 bits per heavy atom. The highest BCUT2D eigenvalue weighted by atomic mass is 16.7. The zero-order valence-corrected chi connectivity index (χ0v) is 21.6. The zero-order valence-electron chi connectivity index (χ0n) is 21.6. The first-order valence-electron chi connectivity index (χ1n) is 11.8. The highest BCUT2D eigenvalue weighted by Gasteiger charge is 2.24. The van der Waals surface area contributed by atoms with Crippen molar-refractivity contribution in [1.29, 1.82) is 0 Å². The molecule has 38 heavy (non-hydrogen) atoms. The lowest BCUT2D eigenvalue weighted by molar-refractivity contribution is -0.139. The lowest BCUT2D eigenvalue weighted by Gasteiger charge is -2.17. The molecule has 0 saturated carbocycles. The van der Waals surface area contributed by atoms with Crippen molar-refractivity contribution in [1.82, 2.24) is 0 Å². The molecule has 0 fully saturated rings. The van der Waals surface area contributed by atoms with E-state index in [-0.39, 0.29) is 64.1 Å². The van der Waals surface area contributed by atoms with Gasteiger partial charge in [0.25, 0.3) is 6.47 Å². The molecule has 1 aromatic heterocycles. The van der Waals surface area contributed by atoms with E-state index in [1.165, 1.54) is 12.1 Å². The minimum Gasteiger partial charge on any atom is -0.507 e. The van der Waals surface area contributed by atoms with Crippen LogP contribution in [0.15, 0.2) is 44.6 Å². The summed E-state index contributed by atoms with van der Waals surface area (Å²) in [5, 5.41) is 30.6. The molecule has 10 nitrogen and oxygen atoms in total. The van der Waals surface area contributed by atoms with Gasteiger partial charge >= 0.3 is 5.97 Å². The summed E-state index contributed by atoms with van der Waals surface area (Å²) in [7, 11) is 0. The second kappa shape index (κ2) is 12.3. The smallest absolute Gasteiger partial charge is 0.341 e. The molecule has 0 bridgehead atoms. The van der Waals surface area contributed by atoms with Gasteiger partial charge in [0.2, 0.25) is 12.2 Å². The Labute approximate surface area is 218 Å². The fourth-order valence-electron chi connectivity index (χ4n) is 3.99. The Kier molecular flexibility index (Phi) is 9.14. The summed E-state index contributed by atoms with van der Waals surface area (Å²) >= 11 is 0. The number of allylic oxidation sites excluding steroid dienone is 4. The monoisotopic (exact) mass is 526 g/mol. The molecule has 202 valence electrons. The second-order valence-corrected chi connectivity index (χ2v) is 9.05. The molecule has 0 aliphatic heterocycles. The molecule has 0 spiro atoms. The fraction of sp³-hybridized carbons (Fsp3) is 0.321. The van der Waals surface area contributed by atoms with Gasteiger partial charge in [0.1, 0.15) is 33.8 Å². The molecule has 3 N–H and O–H groups in total. The van der Waals surface area contributed by atoms with Crippen molar-refractivity contribution >= 4 is 34.4 Å². The highest BCUT2D eigenvalue weighted by Crippen LogP contribution is 2.39. The van der Waals surface area contributed by atoms with Crippen LogP contribution in [-0.2, 0) is 33.8 Å². The third-order valence-electron chi connectivity index (χ3n) is 5.76. The van der Waals surface area contributed by atoms with Crippen LogP contribution in [0.1, 0.15) is 44.4 Å². The average Bonchev–Trinajstić information content (AvgIpc) is 2.84. The number of aliphatic hydroxyl groups excluding tert-OH is 1. The molecule has 2 aromatic carbocycles. The summed E-state index contributed by atoms with van der Waals surface area (Å²) in [6.45, 7) is 6.15. The maximum Gasteiger partial charge on any atom is 0.341 e. The minimum atomic E-state index is -1.21. The number of hydrogen-bond acceptors (Lipinski definition) is 9. The van der Waals surface area contributed by atoms with Gasteiger partial charge in [0.05, 0.1) is 12.0 Å². The molecule has 0 radical (unpaired) electrons. The summed E-state index contributed by atoms with van der Waals surface area (Å²) in [6.07, 6.45) is 4.12. The van der Waals surface area contributed by atoms with Gasteiger partial charge in [-0.1, -0.05) is 23.3 Å². The van der Waals surface area contributed by atoms with Crippen molar-refractivity contribution in [2.75, 3.05) is 13.4 Å². The van der Waals surface area contributed by atoms with Crippen LogP contribution in [0.3, 0.4) is 0 Å². The van der Waals surface area contributed by atoms with Crippen molar-refractivity contribution in [3.63, 3.8) is 0 Å². The number of phenolic OH excluding ortho intramolecular Hbond substituents is 1. The van der Waals surface area contributed by atoms with E-state index in [1.54, 1.807) is 0 Å². The van der Waals surface area contributed by atoms with Crippen LogP contribution in [0.4, 0.5) is 0 Å². The summed E-state index contributed by atoms with van der Waals surface area (Å²) in [6, 6.07) is 2.77. The lowest BCUT2D eigenvalue weighted by atomic mass is 9.95. The molecule has 0 aliphatic rings. The van der Waals surface area contributed by atoms with Crippen molar-refractivity contribution < 1.29 is 43.5 Å². The van der Waals surface area contributed by atoms with Gasteiger partial charge in [-0.25, -0.2) is 4.79 Å². The number of carboxylic acid groups (broad SMARTS) is 1. The number of ether oxygens (including phenoxy) is 3. The maximum atomic E-state index is 13.9.